The third-order valence-electron chi connectivity index (χ3n) is 4.00. The van der Waals surface area contributed by atoms with Crippen molar-refractivity contribution in [2.24, 2.45) is 0 Å². The molecule has 0 atom stereocenters. The van der Waals surface area contributed by atoms with Crippen molar-refractivity contribution in [3.63, 3.8) is 0 Å². The molecule has 0 saturated carbocycles. The van der Waals surface area contributed by atoms with E-state index in [4.69, 9.17) is 4.74 Å². The summed E-state index contributed by atoms with van der Waals surface area (Å²) in [5.74, 6) is 0.572. The normalized spacial score (nSPS) is 11.1. The van der Waals surface area contributed by atoms with Gasteiger partial charge >= 0.3 is 0 Å². The molecule has 3 rings (SSSR count). The monoisotopic (exact) mass is 509 g/mol. The van der Waals surface area contributed by atoms with E-state index in [-0.39, 0.29) is 17.2 Å². The molecule has 7 nitrogen and oxygen atoms in total. The van der Waals surface area contributed by atoms with E-state index in [1.165, 1.54) is 29.7 Å². The van der Waals surface area contributed by atoms with Crippen LogP contribution in [0.3, 0.4) is 0 Å². The lowest BCUT2D eigenvalue weighted by molar-refractivity contribution is -0.116. The standard InChI is InChI=1S/C20H20BrN3O4S2/c1-14-4-9-18(17(21)13-14)28-11-2-3-19(25)23-15-5-7-16(8-6-15)30(26,27)24-20-22-10-12-29-20/h4-10,12-13H,2-3,11H2,1H3,(H,22,24)(H,23,25). The molecule has 0 unspecified atom stereocenters. The Labute approximate surface area is 187 Å². The number of sulfonamides is 1. The lowest BCUT2D eigenvalue weighted by atomic mass is 10.2. The van der Waals surface area contributed by atoms with E-state index in [1.54, 1.807) is 17.5 Å². The Morgan fingerprint density at radius 2 is 1.97 bits per heavy atom. The summed E-state index contributed by atoms with van der Waals surface area (Å²) < 4.78 is 33.6. The zero-order valence-corrected chi connectivity index (χ0v) is 19.3. The molecule has 2 N–H and O–H groups in total. The van der Waals surface area contributed by atoms with E-state index in [9.17, 15) is 13.2 Å². The van der Waals surface area contributed by atoms with Crippen LogP contribution in [-0.2, 0) is 14.8 Å². The summed E-state index contributed by atoms with van der Waals surface area (Å²) in [6.07, 6.45) is 2.36. The second kappa shape index (κ2) is 10.1. The predicted molar refractivity (Wildman–Crippen MR) is 122 cm³/mol. The Morgan fingerprint density at radius 3 is 2.63 bits per heavy atom. The fraction of sp³-hybridized carbons (Fsp3) is 0.200. The van der Waals surface area contributed by atoms with Crippen LogP contribution in [0.1, 0.15) is 18.4 Å². The second-order valence-electron chi connectivity index (χ2n) is 6.40. The number of anilines is 2. The summed E-state index contributed by atoms with van der Waals surface area (Å²) in [5.41, 5.74) is 1.65. The highest BCUT2D eigenvalue weighted by Crippen LogP contribution is 2.26. The van der Waals surface area contributed by atoms with Gasteiger partial charge in [-0.25, -0.2) is 13.4 Å². The minimum atomic E-state index is -3.71. The number of nitrogens with one attached hydrogen (secondary N) is 2. The van der Waals surface area contributed by atoms with Crippen LogP contribution in [0.15, 0.2) is 63.4 Å². The van der Waals surface area contributed by atoms with Crippen molar-refractivity contribution in [3.05, 3.63) is 64.1 Å². The highest BCUT2D eigenvalue weighted by Gasteiger charge is 2.15. The largest absolute Gasteiger partial charge is 0.492 e. The maximum Gasteiger partial charge on any atom is 0.263 e. The fourth-order valence-electron chi connectivity index (χ4n) is 2.53. The number of ether oxygens (including phenoxy) is 1. The summed E-state index contributed by atoms with van der Waals surface area (Å²) in [6, 6.07) is 11.8. The number of nitrogens with zero attached hydrogens (tertiary/aromatic N) is 1. The number of halogens is 1. The molecule has 0 aliphatic rings. The van der Waals surface area contributed by atoms with Crippen LogP contribution < -0.4 is 14.8 Å². The number of hydrogen-bond acceptors (Lipinski definition) is 6. The number of benzene rings is 2. The number of aryl methyl sites for hydroxylation is 1. The van der Waals surface area contributed by atoms with Crippen molar-refractivity contribution in [2.75, 3.05) is 16.6 Å². The van der Waals surface area contributed by atoms with Crippen LogP contribution in [0.25, 0.3) is 0 Å². The molecule has 0 aliphatic carbocycles. The Hall–Kier alpha value is -2.43. The zero-order chi connectivity index (χ0) is 21.6. The molecule has 0 radical (unpaired) electrons. The minimum absolute atomic E-state index is 0.0905. The van der Waals surface area contributed by atoms with Gasteiger partial charge in [-0.2, -0.15) is 0 Å². The van der Waals surface area contributed by atoms with E-state index in [1.807, 2.05) is 25.1 Å². The zero-order valence-electron chi connectivity index (χ0n) is 16.1. The maximum absolute atomic E-state index is 12.3. The average Bonchev–Trinajstić information content (AvgIpc) is 3.19. The molecule has 10 heteroatoms. The van der Waals surface area contributed by atoms with Crippen molar-refractivity contribution >= 4 is 54.0 Å². The van der Waals surface area contributed by atoms with Crippen LogP contribution in [0.4, 0.5) is 10.8 Å². The Balaban J connectivity index is 1.46. The number of aromatic nitrogens is 1. The van der Waals surface area contributed by atoms with E-state index in [0.717, 1.165) is 15.8 Å². The summed E-state index contributed by atoms with van der Waals surface area (Å²) in [6.45, 7) is 2.41. The minimum Gasteiger partial charge on any atom is -0.492 e. The molecule has 0 bridgehead atoms. The van der Waals surface area contributed by atoms with Gasteiger partial charge in [-0.15, -0.1) is 11.3 Å². The van der Waals surface area contributed by atoms with Crippen molar-refractivity contribution in [1.29, 1.82) is 0 Å². The molecule has 0 aliphatic heterocycles. The summed E-state index contributed by atoms with van der Waals surface area (Å²) in [5, 5.41) is 4.73. The molecule has 0 spiro atoms. The number of thiazole rings is 1. The lowest BCUT2D eigenvalue weighted by Crippen LogP contribution is -2.14. The van der Waals surface area contributed by atoms with Gasteiger partial charge in [0.05, 0.1) is 16.0 Å². The highest BCUT2D eigenvalue weighted by atomic mass is 79.9. The molecule has 1 amide bonds. The first-order valence-electron chi connectivity index (χ1n) is 9.05. The Morgan fingerprint density at radius 1 is 1.20 bits per heavy atom. The highest BCUT2D eigenvalue weighted by molar-refractivity contribution is 9.10. The van der Waals surface area contributed by atoms with E-state index >= 15 is 0 Å². The molecule has 3 aromatic rings. The van der Waals surface area contributed by atoms with Crippen molar-refractivity contribution in [1.82, 2.24) is 4.98 Å². The van der Waals surface area contributed by atoms with Gasteiger partial charge in [0.2, 0.25) is 5.91 Å². The number of carbonyl (C=O) groups is 1. The van der Waals surface area contributed by atoms with Gasteiger partial charge in [-0.1, -0.05) is 6.07 Å². The summed E-state index contributed by atoms with van der Waals surface area (Å²) in [7, 11) is -3.71. The summed E-state index contributed by atoms with van der Waals surface area (Å²) in [4.78, 5) is 16.1. The molecular weight excluding hydrogens is 490 g/mol. The van der Waals surface area contributed by atoms with Gasteiger partial charge in [0.25, 0.3) is 10.0 Å². The number of rotatable bonds is 9. The number of hydrogen-bond donors (Lipinski definition) is 2. The van der Waals surface area contributed by atoms with Crippen molar-refractivity contribution in [3.8, 4) is 5.75 Å². The Bertz CT molecular complexity index is 1100. The molecular formula is C20H20BrN3O4S2. The fourth-order valence-corrected chi connectivity index (χ4v) is 4.92. The second-order valence-corrected chi connectivity index (χ2v) is 9.83. The van der Waals surface area contributed by atoms with Gasteiger partial charge in [-0.05, 0) is 71.2 Å². The van der Waals surface area contributed by atoms with Crippen LogP contribution in [0, 0.1) is 6.92 Å². The maximum atomic E-state index is 12.3. The van der Waals surface area contributed by atoms with Gasteiger partial charge in [0, 0.05) is 23.7 Å². The van der Waals surface area contributed by atoms with Crippen molar-refractivity contribution < 1.29 is 17.9 Å². The molecule has 30 heavy (non-hydrogen) atoms. The van der Waals surface area contributed by atoms with Gasteiger partial charge in [0.1, 0.15) is 5.75 Å². The van der Waals surface area contributed by atoms with Crippen LogP contribution in [0.2, 0.25) is 0 Å². The third-order valence-corrected chi connectivity index (χ3v) is 6.79. The average molecular weight is 510 g/mol. The van der Waals surface area contributed by atoms with Gasteiger partial charge in [0.15, 0.2) is 5.13 Å². The molecule has 0 saturated heterocycles. The SMILES string of the molecule is Cc1ccc(OCCCC(=O)Nc2ccc(S(=O)(=O)Nc3nccs3)cc2)c(Br)c1. The number of carbonyl (C=O) groups excluding carboxylic acids is 1. The van der Waals surface area contributed by atoms with Crippen LogP contribution in [0.5, 0.6) is 5.75 Å². The third kappa shape index (κ3) is 6.28. The van der Waals surface area contributed by atoms with Gasteiger partial charge in [-0.3, -0.25) is 9.52 Å². The first kappa shape index (κ1) is 22.3. The topological polar surface area (TPSA) is 97.4 Å². The first-order valence-corrected chi connectivity index (χ1v) is 12.2. The van der Waals surface area contributed by atoms with E-state index in [0.29, 0.717) is 23.8 Å². The molecule has 1 aromatic heterocycles. The van der Waals surface area contributed by atoms with E-state index < -0.39 is 10.0 Å². The molecule has 0 fully saturated rings. The molecule has 158 valence electrons. The van der Waals surface area contributed by atoms with Crippen LogP contribution in [-0.4, -0.2) is 25.9 Å². The quantitative estimate of drug-likeness (QED) is 0.403. The van der Waals surface area contributed by atoms with E-state index in [2.05, 4.69) is 31.0 Å². The Kier molecular flexibility index (Phi) is 7.46. The van der Waals surface area contributed by atoms with Gasteiger partial charge < -0.3 is 10.1 Å². The lowest BCUT2D eigenvalue weighted by Gasteiger charge is -2.10. The van der Waals surface area contributed by atoms with Crippen LogP contribution >= 0.6 is 27.3 Å². The molecule has 1 heterocycles. The predicted octanol–water partition coefficient (Wildman–Crippen LogP) is 4.81. The number of amides is 1. The smallest absolute Gasteiger partial charge is 0.263 e. The van der Waals surface area contributed by atoms with Crippen molar-refractivity contribution in [2.45, 2.75) is 24.7 Å². The first-order chi connectivity index (χ1) is 14.3. The summed E-state index contributed by atoms with van der Waals surface area (Å²) >= 11 is 4.65. The molecule has 2 aromatic carbocycles.